The molecule has 5 heteroatoms. The van der Waals surface area contributed by atoms with E-state index in [9.17, 15) is 9.59 Å². The first-order valence-electron chi connectivity index (χ1n) is 7.24. The Kier molecular flexibility index (Phi) is 5.25. The highest BCUT2D eigenvalue weighted by molar-refractivity contribution is 6.03. The van der Waals surface area contributed by atoms with Crippen molar-refractivity contribution in [1.82, 2.24) is 10.3 Å². The van der Waals surface area contributed by atoms with Crippen LogP contribution in [0.2, 0.25) is 0 Å². The molecule has 0 saturated heterocycles. The third-order valence-corrected chi connectivity index (χ3v) is 3.24. The van der Waals surface area contributed by atoms with Gasteiger partial charge in [0, 0.05) is 11.7 Å². The number of pyridine rings is 1. The van der Waals surface area contributed by atoms with Gasteiger partial charge in [0.25, 0.3) is 11.8 Å². The Bertz CT molecular complexity index is 656. The van der Waals surface area contributed by atoms with Crippen molar-refractivity contribution in [2.24, 2.45) is 0 Å². The first kappa shape index (κ1) is 15.7. The van der Waals surface area contributed by atoms with Gasteiger partial charge in [-0.05, 0) is 37.6 Å². The Morgan fingerprint density at radius 3 is 2.27 bits per heavy atom. The number of nitrogens with zero attached hydrogens (tertiary/aromatic N) is 1. The quantitative estimate of drug-likeness (QED) is 0.891. The number of nitrogens with one attached hydrogen (secondary N) is 2. The van der Waals surface area contributed by atoms with Crippen LogP contribution in [0.4, 0.5) is 5.69 Å². The van der Waals surface area contributed by atoms with E-state index in [1.807, 2.05) is 32.0 Å². The van der Waals surface area contributed by atoms with Crippen LogP contribution in [-0.2, 0) is 0 Å². The fourth-order valence-corrected chi connectivity index (χ4v) is 1.80. The molecule has 0 bridgehead atoms. The molecule has 0 spiro atoms. The molecule has 2 amide bonds. The first-order chi connectivity index (χ1) is 10.6. The zero-order valence-corrected chi connectivity index (χ0v) is 12.7. The molecule has 0 saturated carbocycles. The van der Waals surface area contributed by atoms with Gasteiger partial charge in [0.2, 0.25) is 0 Å². The summed E-state index contributed by atoms with van der Waals surface area (Å²) < 4.78 is 0. The number of hydrogen-bond acceptors (Lipinski definition) is 3. The fourth-order valence-electron chi connectivity index (χ4n) is 1.80. The van der Waals surface area contributed by atoms with Crippen molar-refractivity contribution < 1.29 is 9.59 Å². The molecule has 5 nitrogen and oxygen atoms in total. The zero-order valence-electron chi connectivity index (χ0n) is 12.7. The molecule has 0 radical (unpaired) electrons. The van der Waals surface area contributed by atoms with Gasteiger partial charge < -0.3 is 10.6 Å². The number of amides is 2. The number of carbonyl (C=O) groups excluding carboxylic acids is 2. The van der Waals surface area contributed by atoms with Crippen LogP contribution in [0, 0.1) is 0 Å². The van der Waals surface area contributed by atoms with Crippen LogP contribution >= 0.6 is 0 Å². The molecule has 2 N–H and O–H groups in total. The molecule has 1 heterocycles. The average molecular weight is 297 g/mol. The van der Waals surface area contributed by atoms with Crippen LogP contribution in [-0.4, -0.2) is 22.8 Å². The molecule has 1 unspecified atom stereocenters. The molecule has 114 valence electrons. The molecule has 1 aromatic carbocycles. The van der Waals surface area contributed by atoms with Crippen LogP contribution < -0.4 is 10.6 Å². The molecular formula is C17H19N3O2. The summed E-state index contributed by atoms with van der Waals surface area (Å²) in [5, 5.41) is 5.57. The Labute approximate surface area is 129 Å². The maximum Gasteiger partial charge on any atom is 0.274 e. The molecular weight excluding hydrogens is 278 g/mol. The summed E-state index contributed by atoms with van der Waals surface area (Å²) in [6.07, 6.45) is 0.833. The van der Waals surface area contributed by atoms with Gasteiger partial charge in [0.15, 0.2) is 0 Å². The Balaban J connectivity index is 2.11. The second-order valence-corrected chi connectivity index (χ2v) is 5.01. The first-order valence-corrected chi connectivity index (χ1v) is 7.24. The number of rotatable bonds is 5. The lowest BCUT2D eigenvalue weighted by atomic mass is 10.2. The molecule has 1 atom stereocenters. The van der Waals surface area contributed by atoms with E-state index >= 15 is 0 Å². The number of hydrogen-bond donors (Lipinski definition) is 2. The predicted octanol–water partition coefficient (Wildman–Crippen LogP) is 2.86. The third-order valence-electron chi connectivity index (χ3n) is 3.24. The summed E-state index contributed by atoms with van der Waals surface area (Å²) in [4.78, 5) is 28.3. The highest BCUT2D eigenvalue weighted by atomic mass is 16.2. The molecule has 2 aromatic rings. The Morgan fingerprint density at radius 2 is 1.64 bits per heavy atom. The van der Waals surface area contributed by atoms with E-state index in [0.29, 0.717) is 5.69 Å². The smallest absolute Gasteiger partial charge is 0.274 e. The highest BCUT2D eigenvalue weighted by Crippen LogP contribution is 2.08. The average Bonchev–Trinajstić information content (AvgIpc) is 2.55. The van der Waals surface area contributed by atoms with E-state index in [2.05, 4.69) is 15.6 Å². The molecule has 22 heavy (non-hydrogen) atoms. The van der Waals surface area contributed by atoms with Crippen molar-refractivity contribution in [3.05, 3.63) is 59.9 Å². The summed E-state index contributed by atoms with van der Waals surface area (Å²) in [6, 6.07) is 14.0. The van der Waals surface area contributed by atoms with Gasteiger partial charge in [-0.3, -0.25) is 9.59 Å². The van der Waals surface area contributed by atoms with Crippen molar-refractivity contribution >= 4 is 17.5 Å². The van der Waals surface area contributed by atoms with E-state index in [4.69, 9.17) is 0 Å². The van der Waals surface area contributed by atoms with Gasteiger partial charge >= 0.3 is 0 Å². The van der Waals surface area contributed by atoms with Crippen LogP contribution in [0.1, 0.15) is 41.2 Å². The minimum atomic E-state index is -0.343. The van der Waals surface area contributed by atoms with Gasteiger partial charge in [-0.1, -0.05) is 31.2 Å². The van der Waals surface area contributed by atoms with Crippen LogP contribution in [0.5, 0.6) is 0 Å². The number of para-hydroxylation sites is 1. The number of benzene rings is 1. The lowest BCUT2D eigenvalue weighted by molar-refractivity contribution is 0.0934. The van der Waals surface area contributed by atoms with E-state index < -0.39 is 0 Å². The normalized spacial score (nSPS) is 11.5. The summed E-state index contributed by atoms with van der Waals surface area (Å²) in [5.41, 5.74) is 1.13. The SMILES string of the molecule is CCC(C)NC(=O)c1cccc(C(=O)Nc2ccccc2)n1. The Morgan fingerprint density at radius 1 is 1.00 bits per heavy atom. The van der Waals surface area contributed by atoms with Gasteiger partial charge in [0.05, 0.1) is 0 Å². The van der Waals surface area contributed by atoms with Crippen molar-refractivity contribution in [2.75, 3.05) is 5.32 Å². The second kappa shape index (κ2) is 7.36. The fraction of sp³-hybridized carbons (Fsp3) is 0.235. The molecule has 0 aliphatic rings. The van der Waals surface area contributed by atoms with Crippen LogP contribution in [0.15, 0.2) is 48.5 Å². The lowest BCUT2D eigenvalue weighted by Crippen LogP contribution is -2.32. The maximum absolute atomic E-state index is 12.2. The van der Waals surface area contributed by atoms with E-state index in [0.717, 1.165) is 6.42 Å². The van der Waals surface area contributed by atoms with Crippen molar-refractivity contribution in [3.8, 4) is 0 Å². The van der Waals surface area contributed by atoms with Crippen LogP contribution in [0.3, 0.4) is 0 Å². The van der Waals surface area contributed by atoms with E-state index in [1.54, 1.807) is 30.3 Å². The standard InChI is InChI=1S/C17H19N3O2/c1-3-12(2)18-16(21)14-10-7-11-15(20-14)17(22)19-13-8-5-4-6-9-13/h4-12H,3H2,1-2H3,(H,18,21)(H,19,22). The zero-order chi connectivity index (χ0) is 15.9. The van der Waals surface area contributed by atoms with Gasteiger partial charge in [-0.25, -0.2) is 4.98 Å². The highest BCUT2D eigenvalue weighted by Gasteiger charge is 2.13. The number of aromatic nitrogens is 1. The summed E-state index contributed by atoms with van der Waals surface area (Å²) in [6.45, 7) is 3.91. The molecule has 0 aliphatic heterocycles. The largest absolute Gasteiger partial charge is 0.348 e. The van der Waals surface area contributed by atoms with E-state index in [-0.39, 0.29) is 29.2 Å². The third kappa shape index (κ3) is 4.15. The monoisotopic (exact) mass is 297 g/mol. The van der Waals surface area contributed by atoms with Crippen molar-refractivity contribution in [2.45, 2.75) is 26.3 Å². The van der Waals surface area contributed by atoms with Gasteiger partial charge in [-0.2, -0.15) is 0 Å². The second-order valence-electron chi connectivity index (χ2n) is 5.01. The predicted molar refractivity (Wildman–Crippen MR) is 85.9 cm³/mol. The molecule has 2 rings (SSSR count). The Hall–Kier alpha value is -2.69. The number of anilines is 1. The van der Waals surface area contributed by atoms with E-state index in [1.165, 1.54) is 0 Å². The lowest BCUT2D eigenvalue weighted by Gasteiger charge is -2.11. The minimum Gasteiger partial charge on any atom is -0.348 e. The maximum atomic E-state index is 12.2. The minimum absolute atomic E-state index is 0.0658. The summed E-state index contributed by atoms with van der Waals surface area (Å²) in [5.74, 6) is -0.617. The van der Waals surface area contributed by atoms with Crippen molar-refractivity contribution in [1.29, 1.82) is 0 Å². The molecule has 1 aromatic heterocycles. The molecule has 0 fully saturated rings. The van der Waals surface area contributed by atoms with Crippen LogP contribution in [0.25, 0.3) is 0 Å². The summed E-state index contributed by atoms with van der Waals surface area (Å²) in [7, 11) is 0. The topological polar surface area (TPSA) is 71.1 Å². The molecule has 0 aliphatic carbocycles. The van der Waals surface area contributed by atoms with Gasteiger partial charge in [-0.15, -0.1) is 0 Å². The van der Waals surface area contributed by atoms with Gasteiger partial charge in [0.1, 0.15) is 11.4 Å². The van der Waals surface area contributed by atoms with Crippen molar-refractivity contribution in [3.63, 3.8) is 0 Å². The number of carbonyl (C=O) groups is 2. The summed E-state index contributed by atoms with van der Waals surface area (Å²) >= 11 is 0.